The highest BCUT2D eigenvalue weighted by atomic mass is 35.5. The number of amides is 2. The zero-order valence-electron chi connectivity index (χ0n) is 19.2. The fourth-order valence-electron chi connectivity index (χ4n) is 3.65. The van der Waals surface area contributed by atoms with Crippen molar-refractivity contribution in [3.8, 4) is 0 Å². The zero-order valence-corrected chi connectivity index (χ0v) is 20.7. The summed E-state index contributed by atoms with van der Waals surface area (Å²) in [7, 11) is -2.26. The number of hydrogen-bond donors (Lipinski definition) is 1. The summed E-state index contributed by atoms with van der Waals surface area (Å²) >= 11 is 6.20. The molecule has 0 atom stereocenters. The lowest BCUT2D eigenvalue weighted by Crippen LogP contribution is -2.35. The van der Waals surface area contributed by atoms with E-state index in [-0.39, 0.29) is 34.0 Å². The Morgan fingerprint density at radius 3 is 2.45 bits per heavy atom. The van der Waals surface area contributed by atoms with Crippen LogP contribution in [0, 0.1) is 0 Å². The molecule has 0 saturated carbocycles. The smallest absolute Gasteiger partial charge is 0.253 e. The minimum Gasteiger partial charge on any atom is -0.348 e. The highest BCUT2D eigenvalue weighted by Crippen LogP contribution is 2.23. The fourth-order valence-corrected chi connectivity index (χ4v) is 5.25. The zero-order chi connectivity index (χ0) is 24.2. The first kappa shape index (κ1) is 25.2. The third kappa shape index (κ3) is 5.93. The maximum absolute atomic E-state index is 12.8. The summed E-state index contributed by atoms with van der Waals surface area (Å²) in [5, 5.41) is 2.94. The molecule has 3 rings (SSSR count). The molecule has 0 spiro atoms. The maximum atomic E-state index is 12.8. The molecule has 0 aliphatic carbocycles. The summed E-state index contributed by atoms with van der Waals surface area (Å²) in [6.45, 7) is 5.25. The van der Waals surface area contributed by atoms with Crippen molar-refractivity contribution in [3.05, 3.63) is 64.2 Å². The van der Waals surface area contributed by atoms with Gasteiger partial charge in [0.15, 0.2) is 0 Å². The topological polar surface area (TPSA) is 86.8 Å². The summed E-state index contributed by atoms with van der Waals surface area (Å²) in [5.74, 6) is -0.491. The third-order valence-electron chi connectivity index (χ3n) is 5.86. The molecule has 2 amide bonds. The minimum atomic E-state index is -3.75. The molecule has 1 heterocycles. The average Bonchev–Trinajstić information content (AvgIpc) is 2.82. The number of rotatable bonds is 7. The maximum Gasteiger partial charge on any atom is 0.253 e. The number of nitrogens with one attached hydrogen (secondary N) is 1. The van der Waals surface area contributed by atoms with E-state index in [1.807, 2.05) is 11.0 Å². The second-order valence-corrected chi connectivity index (χ2v) is 10.9. The van der Waals surface area contributed by atoms with Crippen LogP contribution in [0.5, 0.6) is 0 Å². The van der Waals surface area contributed by atoms with Gasteiger partial charge in [0.1, 0.15) is 0 Å². The van der Waals surface area contributed by atoms with Crippen LogP contribution in [0.1, 0.15) is 59.4 Å². The summed E-state index contributed by atoms with van der Waals surface area (Å²) < 4.78 is 26.8. The Bertz CT molecular complexity index is 1130. The predicted octanol–water partition coefficient (Wildman–Crippen LogP) is 3.93. The van der Waals surface area contributed by atoms with Gasteiger partial charge in [-0.15, -0.1) is 0 Å². The number of sulfonamides is 1. The van der Waals surface area contributed by atoms with Crippen LogP contribution in [0.3, 0.4) is 0 Å². The molecule has 7 nitrogen and oxygen atoms in total. The van der Waals surface area contributed by atoms with Crippen LogP contribution in [0.15, 0.2) is 47.4 Å². The van der Waals surface area contributed by atoms with Gasteiger partial charge in [0.05, 0.1) is 15.5 Å². The van der Waals surface area contributed by atoms with Crippen LogP contribution >= 0.6 is 11.6 Å². The Morgan fingerprint density at radius 1 is 1.09 bits per heavy atom. The molecule has 178 valence electrons. The first-order valence-corrected chi connectivity index (χ1v) is 12.9. The van der Waals surface area contributed by atoms with Gasteiger partial charge in [-0.2, -0.15) is 4.31 Å². The van der Waals surface area contributed by atoms with Crippen molar-refractivity contribution < 1.29 is 18.0 Å². The fraction of sp³-hybridized carbons (Fsp3) is 0.417. The number of carbonyl (C=O) groups excluding carboxylic acids is 2. The molecule has 1 fully saturated rings. The van der Waals surface area contributed by atoms with Crippen molar-refractivity contribution in [2.24, 2.45) is 0 Å². The van der Waals surface area contributed by atoms with Crippen LogP contribution in [0.25, 0.3) is 0 Å². The van der Waals surface area contributed by atoms with E-state index in [1.165, 1.54) is 29.6 Å². The van der Waals surface area contributed by atoms with Gasteiger partial charge in [0.25, 0.3) is 11.8 Å². The second kappa shape index (κ2) is 10.7. The summed E-state index contributed by atoms with van der Waals surface area (Å²) in [5.41, 5.74) is 1.44. The van der Waals surface area contributed by atoms with Gasteiger partial charge in [0, 0.05) is 38.3 Å². The molecule has 33 heavy (non-hydrogen) atoms. The third-order valence-corrected chi connectivity index (χ3v) is 8.22. The van der Waals surface area contributed by atoms with Crippen LogP contribution < -0.4 is 5.32 Å². The Morgan fingerprint density at radius 2 is 1.79 bits per heavy atom. The van der Waals surface area contributed by atoms with E-state index in [0.29, 0.717) is 5.56 Å². The van der Waals surface area contributed by atoms with Crippen LogP contribution in [0.2, 0.25) is 5.02 Å². The van der Waals surface area contributed by atoms with Gasteiger partial charge in [0.2, 0.25) is 10.0 Å². The first-order chi connectivity index (χ1) is 15.6. The molecule has 1 aliphatic heterocycles. The Balaban J connectivity index is 1.73. The van der Waals surface area contributed by atoms with Crippen molar-refractivity contribution in [3.63, 3.8) is 0 Å². The molecule has 2 aromatic carbocycles. The lowest BCUT2D eigenvalue weighted by molar-refractivity contribution is 0.0724. The predicted molar refractivity (Wildman–Crippen MR) is 129 cm³/mol. The van der Waals surface area contributed by atoms with Crippen LogP contribution in [-0.4, -0.2) is 55.6 Å². The molecule has 0 bridgehead atoms. The number of piperidine rings is 1. The van der Waals surface area contributed by atoms with Gasteiger partial charge >= 0.3 is 0 Å². The summed E-state index contributed by atoms with van der Waals surface area (Å²) in [6.07, 6.45) is 3.18. The Labute approximate surface area is 200 Å². The number of nitrogens with zero attached hydrogens (tertiary/aromatic N) is 2. The molecule has 1 saturated heterocycles. The molecule has 0 radical (unpaired) electrons. The van der Waals surface area contributed by atoms with E-state index >= 15 is 0 Å². The normalized spacial score (nSPS) is 14.5. The number of carbonyl (C=O) groups is 2. The van der Waals surface area contributed by atoms with Crippen molar-refractivity contribution in [2.45, 2.75) is 50.6 Å². The first-order valence-electron chi connectivity index (χ1n) is 11.0. The van der Waals surface area contributed by atoms with Crippen molar-refractivity contribution in [1.29, 1.82) is 0 Å². The lowest BCUT2D eigenvalue weighted by atomic mass is 10.1. The number of likely N-dealkylation sites (tertiary alicyclic amines) is 1. The number of benzene rings is 2. The highest BCUT2D eigenvalue weighted by molar-refractivity contribution is 7.89. The molecule has 9 heteroatoms. The van der Waals surface area contributed by atoms with E-state index in [1.54, 1.807) is 32.0 Å². The standard InChI is InChI=1S/C24H30ClN3O4S/c1-17(2)27(3)33(31,32)20-10-11-22(25)21(15-20)23(29)26-16-18-8-7-9-19(14-18)24(30)28-12-5-4-6-13-28/h7-11,14-15,17H,4-6,12-13,16H2,1-3H3,(H,26,29). The highest BCUT2D eigenvalue weighted by Gasteiger charge is 2.25. The van der Waals surface area contributed by atoms with Crippen molar-refractivity contribution in [1.82, 2.24) is 14.5 Å². The molecule has 1 N–H and O–H groups in total. The van der Waals surface area contributed by atoms with Gasteiger partial charge in [-0.05, 0) is 69.0 Å². The SMILES string of the molecule is CC(C)N(C)S(=O)(=O)c1ccc(Cl)c(C(=O)NCc2cccc(C(=O)N3CCCCC3)c2)c1. The summed E-state index contributed by atoms with van der Waals surface area (Å²) in [4.78, 5) is 27.4. The summed E-state index contributed by atoms with van der Waals surface area (Å²) in [6, 6.07) is 11.0. The molecule has 1 aliphatic rings. The van der Waals surface area contributed by atoms with E-state index in [2.05, 4.69) is 5.32 Å². The van der Waals surface area contributed by atoms with Crippen LogP contribution in [0.4, 0.5) is 0 Å². The monoisotopic (exact) mass is 491 g/mol. The molecular weight excluding hydrogens is 462 g/mol. The quantitative estimate of drug-likeness (QED) is 0.635. The largest absolute Gasteiger partial charge is 0.348 e. The van der Waals surface area contributed by atoms with Gasteiger partial charge in [-0.3, -0.25) is 9.59 Å². The van der Waals surface area contributed by atoms with E-state index < -0.39 is 15.9 Å². The van der Waals surface area contributed by atoms with E-state index in [4.69, 9.17) is 11.6 Å². The van der Waals surface area contributed by atoms with Gasteiger partial charge in [-0.25, -0.2) is 8.42 Å². The lowest BCUT2D eigenvalue weighted by Gasteiger charge is -2.26. The van der Waals surface area contributed by atoms with Gasteiger partial charge in [-0.1, -0.05) is 23.7 Å². The van der Waals surface area contributed by atoms with Crippen LogP contribution in [-0.2, 0) is 16.6 Å². The Hall–Kier alpha value is -2.42. The van der Waals surface area contributed by atoms with Crippen molar-refractivity contribution >= 4 is 33.4 Å². The van der Waals surface area contributed by atoms with E-state index in [0.717, 1.165) is 37.9 Å². The molecule has 0 unspecified atom stereocenters. The Kier molecular flexibility index (Phi) is 8.15. The molecular formula is C24H30ClN3O4S. The van der Waals surface area contributed by atoms with Crippen molar-refractivity contribution in [2.75, 3.05) is 20.1 Å². The second-order valence-electron chi connectivity index (χ2n) is 8.49. The molecule has 2 aromatic rings. The average molecular weight is 492 g/mol. The number of halogens is 1. The van der Waals surface area contributed by atoms with E-state index in [9.17, 15) is 18.0 Å². The van der Waals surface area contributed by atoms with Gasteiger partial charge < -0.3 is 10.2 Å². The molecule has 0 aromatic heterocycles. The number of hydrogen-bond acceptors (Lipinski definition) is 4. The minimum absolute atomic E-state index is 0.00176.